The molecule has 0 aliphatic heterocycles. The van der Waals surface area contributed by atoms with Gasteiger partial charge in [0.05, 0.1) is 5.69 Å². The molecule has 0 radical (unpaired) electrons. The Balaban J connectivity index is 1.29. The second-order valence-corrected chi connectivity index (χ2v) is 13.2. The molecule has 0 atom stereocenters. The number of anilines is 3. The molecular formula is C46H31NS. The van der Waals surface area contributed by atoms with Crippen molar-refractivity contribution in [1.29, 1.82) is 0 Å². The monoisotopic (exact) mass is 629 g/mol. The quantitative estimate of drug-likeness (QED) is 0.177. The average molecular weight is 630 g/mol. The van der Waals surface area contributed by atoms with Gasteiger partial charge in [-0.2, -0.15) is 0 Å². The summed E-state index contributed by atoms with van der Waals surface area (Å²) in [5.74, 6) is 0. The molecule has 226 valence electrons. The minimum absolute atomic E-state index is 1.11. The second kappa shape index (κ2) is 12.0. The van der Waals surface area contributed by atoms with Gasteiger partial charge in [-0.25, -0.2) is 0 Å². The topological polar surface area (TPSA) is 3.24 Å². The Morgan fingerprint density at radius 1 is 0.333 bits per heavy atom. The van der Waals surface area contributed by atoms with Gasteiger partial charge in [-0.1, -0.05) is 152 Å². The first-order valence-electron chi connectivity index (χ1n) is 16.3. The van der Waals surface area contributed by atoms with E-state index in [2.05, 4.69) is 193 Å². The van der Waals surface area contributed by atoms with Gasteiger partial charge in [-0.15, -0.1) is 11.3 Å². The van der Waals surface area contributed by atoms with Crippen molar-refractivity contribution in [3.05, 3.63) is 188 Å². The Bertz CT molecular complexity index is 2540. The first-order chi connectivity index (χ1) is 23.8. The van der Waals surface area contributed by atoms with E-state index in [1.165, 1.54) is 64.3 Å². The van der Waals surface area contributed by atoms with E-state index in [9.17, 15) is 0 Å². The molecule has 0 unspecified atom stereocenters. The summed E-state index contributed by atoms with van der Waals surface area (Å²) in [6.45, 7) is 0. The van der Waals surface area contributed by atoms with Crippen molar-refractivity contribution in [2.75, 3.05) is 4.90 Å². The van der Waals surface area contributed by atoms with Crippen molar-refractivity contribution in [3.63, 3.8) is 0 Å². The van der Waals surface area contributed by atoms with Crippen LogP contribution in [-0.4, -0.2) is 0 Å². The maximum atomic E-state index is 2.44. The van der Waals surface area contributed by atoms with Gasteiger partial charge in [0.25, 0.3) is 0 Å². The second-order valence-electron chi connectivity index (χ2n) is 12.2. The third kappa shape index (κ3) is 5.04. The summed E-state index contributed by atoms with van der Waals surface area (Å²) < 4.78 is 2.59. The molecule has 1 aromatic heterocycles. The normalized spacial score (nSPS) is 11.3. The maximum absolute atomic E-state index is 2.44. The Morgan fingerprint density at radius 3 is 1.75 bits per heavy atom. The van der Waals surface area contributed by atoms with Gasteiger partial charge in [0.1, 0.15) is 0 Å². The molecule has 48 heavy (non-hydrogen) atoms. The van der Waals surface area contributed by atoms with Crippen LogP contribution in [0.25, 0.3) is 64.3 Å². The van der Waals surface area contributed by atoms with Gasteiger partial charge < -0.3 is 4.90 Å². The molecule has 9 rings (SSSR count). The molecule has 0 bridgehead atoms. The molecule has 1 nitrogen and oxygen atoms in total. The van der Waals surface area contributed by atoms with Crippen LogP contribution in [0.15, 0.2) is 188 Å². The molecule has 0 aliphatic carbocycles. The zero-order valence-corrected chi connectivity index (χ0v) is 27.1. The molecule has 0 fully saturated rings. The molecule has 0 spiro atoms. The highest BCUT2D eigenvalue weighted by molar-refractivity contribution is 7.25. The lowest BCUT2D eigenvalue weighted by atomic mass is 9.94. The number of hydrogen-bond acceptors (Lipinski definition) is 2. The fourth-order valence-corrected chi connectivity index (χ4v) is 8.08. The van der Waals surface area contributed by atoms with Crippen molar-refractivity contribution in [2.24, 2.45) is 0 Å². The SMILES string of the molecule is c1ccc(-c2ccc(N(c3ccc4c(c3)sc3ccccc34)c3cc(-c4cccc5ccccc45)ccc3-c3ccccc3)cc2)cc1. The Labute approximate surface area is 284 Å². The summed E-state index contributed by atoms with van der Waals surface area (Å²) in [6.07, 6.45) is 0. The van der Waals surface area contributed by atoms with Gasteiger partial charge in [-0.05, 0) is 75.0 Å². The molecule has 0 N–H and O–H groups in total. The summed E-state index contributed by atoms with van der Waals surface area (Å²) in [4.78, 5) is 2.44. The molecule has 0 saturated heterocycles. The van der Waals surface area contributed by atoms with Crippen LogP contribution >= 0.6 is 11.3 Å². The molecule has 1 heterocycles. The van der Waals surface area contributed by atoms with E-state index >= 15 is 0 Å². The molecule has 0 aliphatic rings. The van der Waals surface area contributed by atoms with Crippen LogP contribution in [0.5, 0.6) is 0 Å². The molecule has 0 saturated carbocycles. The predicted molar refractivity (Wildman–Crippen MR) is 208 cm³/mol. The number of benzene rings is 8. The van der Waals surface area contributed by atoms with E-state index in [0.717, 1.165) is 17.1 Å². The minimum atomic E-state index is 1.11. The number of nitrogens with zero attached hydrogens (tertiary/aromatic N) is 1. The van der Waals surface area contributed by atoms with Gasteiger partial charge in [0.2, 0.25) is 0 Å². The zero-order chi connectivity index (χ0) is 31.9. The van der Waals surface area contributed by atoms with Crippen LogP contribution in [0.3, 0.4) is 0 Å². The predicted octanol–water partition coefficient (Wildman–Crippen LogP) is 13.7. The first kappa shape index (κ1) is 28.3. The van der Waals surface area contributed by atoms with E-state index in [-0.39, 0.29) is 0 Å². The largest absolute Gasteiger partial charge is 0.310 e. The van der Waals surface area contributed by atoms with Gasteiger partial charge >= 0.3 is 0 Å². The third-order valence-corrected chi connectivity index (χ3v) is 10.4. The minimum Gasteiger partial charge on any atom is -0.310 e. The summed E-state index contributed by atoms with van der Waals surface area (Å²) in [5.41, 5.74) is 10.6. The fraction of sp³-hybridized carbons (Fsp3) is 0. The Kier molecular flexibility index (Phi) is 7.07. The van der Waals surface area contributed by atoms with Crippen LogP contribution in [-0.2, 0) is 0 Å². The van der Waals surface area contributed by atoms with E-state index in [0.29, 0.717) is 0 Å². The van der Waals surface area contributed by atoms with Crippen molar-refractivity contribution >= 4 is 59.3 Å². The maximum Gasteiger partial charge on any atom is 0.0546 e. The van der Waals surface area contributed by atoms with Crippen LogP contribution in [0.4, 0.5) is 17.1 Å². The van der Waals surface area contributed by atoms with Gasteiger partial charge in [0, 0.05) is 37.1 Å². The number of fused-ring (bicyclic) bond motifs is 4. The lowest BCUT2D eigenvalue weighted by molar-refractivity contribution is 1.29. The summed E-state index contributed by atoms with van der Waals surface area (Å²) in [5, 5.41) is 5.10. The Hall–Kier alpha value is -5.96. The van der Waals surface area contributed by atoms with Crippen molar-refractivity contribution in [3.8, 4) is 33.4 Å². The molecule has 2 heteroatoms. The van der Waals surface area contributed by atoms with Crippen LogP contribution in [0.1, 0.15) is 0 Å². The fourth-order valence-electron chi connectivity index (χ4n) is 6.94. The van der Waals surface area contributed by atoms with Crippen LogP contribution in [0.2, 0.25) is 0 Å². The van der Waals surface area contributed by atoms with Gasteiger partial charge in [0.15, 0.2) is 0 Å². The van der Waals surface area contributed by atoms with E-state index in [4.69, 9.17) is 0 Å². The third-order valence-electron chi connectivity index (χ3n) is 9.28. The van der Waals surface area contributed by atoms with Crippen LogP contribution in [0, 0.1) is 0 Å². The summed E-state index contributed by atoms with van der Waals surface area (Å²) in [6, 6.07) is 68.2. The van der Waals surface area contributed by atoms with Crippen molar-refractivity contribution in [1.82, 2.24) is 0 Å². The van der Waals surface area contributed by atoms with Crippen LogP contribution < -0.4 is 4.90 Å². The lowest BCUT2D eigenvalue weighted by Crippen LogP contribution is -2.11. The molecule has 9 aromatic rings. The molecule has 8 aromatic carbocycles. The van der Waals surface area contributed by atoms with E-state index in [1.807, 2.05) is 11.3 Å². The smallest absolute Gasteiger partial charge is 0.0546 e. The van der Waals surface area contributed by atoms with Gasteiger partial charge in [-0.3, -0.25) is 0 Å². The Morgan fingerprint density at radius 2 is 0.938 bits per heavy atom. The average Bonchev–Trinajstić information content (AvgIpc) is 3.54. The molecule has 0 amide bonds. The van der Waals surface area contributed by atoms with E-state index in [1.54, 1.807) is 0 Å². The number of rotatable bonds is 6. The first-order valence-corrected chi connectivity index (χ1v) is 17.2. The highest BCUT2D eigenvalue weighted by atomic mass is 32.1. The highest BCUT2D eigenvalue weighted by Gasteiger charge is 2.20. The zero-order valence-electron chi connectivity index (χ0n) is 26.3. The molecular weight excluding hydrogens is 599 g/mol. The van der Waals surface area contributed by atoms with Crippen molar-refractivity contribution < 1.29 is 0 Å². The highest BCUT2D eigenvalue weighted by Crippen LogP contribution is 2.46. The lowest BCUT2D eigenvalue weighted by Gasteiger charge is -2.29. The standard InChI is InChI=1S/C46H31NS/c1-3-12-32(13-4-1)33-22-25-37(26-23-33)47(38-27-29-43-42-19-9-10-21-45(42)48-46(43)31-38)44-30-36(24-28-41(44)35-14-5-2-6-15-35)40-20-11-17-34-16-7-8-18-39(34)40/h1-31H. The van der Waals surface area contributed by atoms with Crippen molar-refractivity contribution in [2.45, 2.75) is 0 Å². The number of hydrogen-bond donors (Lipinski definition) is 0. The number of thiophene rings is 1. The summed E-state index contributed by atoms with van der Waals surface area (Å²) >= 11 is 1.86. The summed E-state index contributed by atoms with van der Waals surface area (Å²) in [7, 11) is 0. The van der Waals surface area contributed by atoms with E-state index < -0.39 is 0 Å².